The predicted molar refractivity (Wildman–Crippen MR) is 84.8 cm³/mol. The molecule has 3 rings (SSSR count). The fourth-order valence-corrected chi connectivity index (χ4v) is 5.06. The van der Waals surface area contributed by atoms with Crippen LogP contribution in [0.3, 0.4) is 0 Å². The van der Waals surface area contributed by atoms with Crippen LogP contribution in [-0.2, 0) is 0 Å². The molecular formula is C17H33N3. The molecule has 1 saturated carbocycles. The number of rotatable bonds is 3. The van der Waals surface area contributed by atoms with Crippen molar-refractivity contribution in [2.45, 2.75) is 76.4 Å². The number of piperidine rings is 1. The third-order valence-electron chi connectivity index (χ3n) is 6.32. The second kappa shape index (κ2) is 5.94. The molecule has 3 aliphatic rings. The molecule has 0 spiro atoms. The van der Waals surface area contributed by atoms with Crippen LogP contribution in [-0.4, -0.2) is 53.6 Å². The Morgan fingerprint density at radius 1 is 1.10 bits per heavy atom. The second-order valence-corrected chi connectivity index (χ2v) is 7.69. The van der Waals surface area contributed by atoms with E-state index in [4.69, 9.17) is 5.73 Å². The maximum atomic E-state index is 6.32. The fraction of sp³-hybridized carbons (Fsp3) is 1.00. The van der Waals surface area contributed by atoms with Crippen LogP contribution in [0.15, 0.2) is 0 Å². The minimum absolute atomic E-state index is 0.283. The number of hydrogen-bond donors (Lipinski definition) is 1. The minimum Gasteiger partial charge on any atom is -0.329 e. The topological polar surface area (TPSA) is 32.5 Å². The molecule has 0 aromatic rings. The van der Waals surface area contributed by atoms with Crippen molar-refractivity contribution in [3.8, 4) is 0 Å². The zero-order valence-corrected chi connectivity index (χ0v) is 13.5. The van der Waals surface area contributed by atoms with E-state index in [9.17, 15) is 0 Å². The van der Waals surface area contributed by atoms with Crippen LogP contribution in [0.1, 0.15) is 58.8 Å². The number of nitrogens with zero attached hydrogens (tertiary/aromatic N) is 2. The maximum Gasteiger partial charge on any atom is 0.0473 e. The Bertz CT molecular complexity index is 328. The van der Waals surface area contributed by atoms with Crippen LogP contribution in [0.25, 0.3) is 0 Å². The molecule has 20 heavy (non-hydrogen) atoms. The van der Waals surface area contributed by atoms with Crippen LogP contribution in [0.5, 0.6) is 0 Å². The van der Waals surface area contributed by atoms with Gasteiger partial charge in [-0.2, -0.15) is 0 Å². The first-order valence-corrected chi connectivity index (χ1v) is 8.87. The molecule has 2 heterocycles. The van der Waals surface area contributed by atoms with Gasteiger partial charge in [-0.1, -0.05) is 12.8 Å². The van der Waals surface area contributed by atoms with Crippen LogP contribution in [0.4, 0.5) is 0 Å². The van der Waals surface area contributed by atoms with Crippen LogP contribution in [0.2, 0.25) is 0 Å². The first kappa shape index (κ1) is 14.8. The van der Waals surface area contributed by atoms with E-state index in [0.717, 1.165) is 18.5 Å². The third kappa shape index (κ3) is 2.53. The lowest BCUT2D eigenvalue weighted by molar-refractivity contribution is -0.0222. The fourth-order valence-electron chi connectivity index (χ4n) is 5.06. The molecule has 2 aliphatic heterocycles. The van der Waals surface area contributed by atoms with E-state index in [0.29, 0.717) is 6.04 Å². The Balaban J connectivity index is 1.78. The minimum atomic E-state index is 0.283. The highest BCUT2D eigenvalue weighted by Gasteiger charge is 2.48. The summed E-state index contributed by atoms with van der Waals surface area (Å²) in [4.78, 5) is 5.52. The van der Waals surface area contributed by atoms with Crippen molar-refractivity contribution < 1.29 is 0 Å². The Kier molecular flexibility index (Phi) is 4.40. The van der Waals surface area contributed by atoms with E-state index >= 15 is 0 Å². The monoisotopic (exact) mass is 279 g/mol. The Labute approximate surface area is 124 Å². The quantitative estimate of drug-likeness (QED) is 0.861. The first-order chi connectivity index (χ1) is 9.66. The van der Waals surface area contributed by atoms with Crippen molar-refractivity contribution in [3.63, 3.8) is 0 Å². The van der Waals surface area contributed by atoms with Gasteiger partial charge in [0.25, 0.3) is 0 Å². The summed E-state index contributed by atoms with van der Waals surface area (Å²) >= 11 is 0. The SMILES string of the molecule is CC(C)N1CCC(CN)(N2CCC[C@H]3CCCC[C@H]32)C1. The molecule has 0 aromatic carbocycles. The maximum absolute atomic E-state index is 6.32. The van der Waals surface area contributed by atoms with Gasteiger partial charge < -0.3 is 5.73 Å². The zero-order chi connectivity index (χ0) is 14.2. The second-order valence-electron chi connectivity index (χ2n) is 7.69. The molecule has 0 radical (unpaired) electrons. The molecule has 1 unspecified atom stereocenters. The predicted octanol–water partition coefficient (Wildman–Crippen LogP) is 2.45. The Morgan fingerprint density at radius 2 is 1.85 bits per heavy atom. The summed E-state index contributed by atoms with van der Waals surface area (Å²) in [6.07, 6.45) is 9.93. The highest BCUT2D eigenvalue weighted by atomic mass is 15.3. The van der Waals surface area contributed by atoms with E-state index < -0.39 is 0 Å². The largest absolute Gasteiger partial charge is 0.329 e. The summed E-state index contributed by atoms with van der Waals surface area (Å²) in [6.45, 7) is 9.23. The molecule has 3 atom stereocenters. The number of nitrogens with two attached hydrogens (primary N) is 1. The van der Waals surface area contributed by atoms with Gasteiger partial charge in [-0.25, -0.2) is 0 Å². The molecule has 1 aliphatic carbocycles. The van der Waals surface area contributed by atoms with E-state index in [2.05, 4.69) is 23.6 Å². The van der Waals surface area contributed by atoms with Gasteiger partial charge in [0.15, 0.2) is 0 Å². The van der Waals surface area contributed by atoms with Gasteiger partial charge in [0, 0.05) is 37.3 Å². The van der Waals surface area contributed by atoms with Crippen molar-refractivity contribution in [2.24, 2.45) is 11.7 Å². The van der Waals surface area contributed by atoms with Crippen molar-refractivity contribution in [2.75, 3.05) is 26.2 Å². The standard InChI is InChI=1S/C17H33N3/c1-14(2)19-11-9-17(12-18,13-19)20-10-5-7-15-6-3-4-8-16(15)20/h14-16H,3-13,18H2,1-2H3/t15-,16-,17?/m1/s1. The summed E-state index contributed by atoms with van der Waals surface area (Å²) in [5.74, 6) is 0.967. The third-order valence-corrected chi connectivity index (χ3v) is 6.32. The van der Waals surface area contributed by atoms with Gasteiger partial charge in [-0.05, 0) is 58.4 Å². The van der Waals surface area contributed by atoms with Gasteiger partial charge in [0.2, 0.25) is 0 Å². The molecule has 0 bridgehead atoms. The Hall–Kier alpha value is -0.120. The van der Waals surface area contributed by atoms with Crippen LogP contribution < -0.4 is 5.73 Å². The van der Waals surface area contributed by atoms with Crippen molar-refractivity contribution in [1.29, 1.82) is 0 Å². The number of hydrogen-bond acceptors (Lipinski definition) is 3. The zero-order valence-electron chi connectivity index (χ0n) is 13.5. The van der Waals surface area contributed by atoms with E-state index in [1.165, 1.54) is 64.6 Å². The molecule has 2 N–H and O–H groups in total. The summed E-state index contributed by atoms with van der Waals surface area (Å²) in [6, 6.07) is 1.50. The van der Waals surface area contributed by atoms with Crippen molar-refractivity contribution >= 4 is 0 Å². The smallest absolute Gasteiger partial charge is 0.0473 e. The van der Waals surface area contributed by atoms with E-state index in [1.807, 2.05) is 0 Å². The average molecular weight is 279 g/mol. The summed E-state index contributed by atoms with van der Waals surface area (Å²) < 4.78 is 0. The van der Waals surface area contributed by atoms with Crippen LogP contribution in [0, 0.1) is 5.92 Å². The average Bonchev–Trinajstić information content (AvgIpc) is 2.92. The van der Waals surface area contributed by atoms with Gasteiger partial charge >= 0.3 is 0 Å². The molecule has 0 amide bonds. The Morgan fingerprint density at radius 3 is 2.55 bits per heavy atom. The molecule has 3 heteroatoms. The highest BCUT2D eigenvalue weighted by molar-refractivity contribution is 5.05. The molecule has 116 valence electrons. The molecule has 3 fully saturated rings. The molecule has 0 aromatic heterocycles. The van der Waals surface area contributed by atoms with Crippen LogP contribution >= 0.6 is 0 Å². The highest BCUT2D eigenvalue weighted by Crippen LogP contribution is 2.41. The van der Waals surface area contributed by atoms with Crippen molar-refractivity contribution in [1.82, 2.24) is 9.80 Å². The lowest BCUT2D eigenvalue weighted by Gasteiger charge is -2.52. The van der Waals surface area contributed by atoms with E-state index in [1.54, 1.807) is 0 Å². The van der Waals surface area contributed by atoms with E-state index in [-0.39, 0.29) is 5.54 Å². The van der Waals surface area contributed by atoms with Crippen molar-refractivity contribution in [3.05, 3.63) is 0 Å². The number of likely N-dealkylation sites (tertiary alicyclic amines) is 2. The van der Waals surface area contributed by atoms with Gasteiger partial charge in [-0.15, -0.1) is 0 Å². The van der Waals surface area contributed by atoms with Gasteiger partial charge in [0.05, 0.1) is 0 Å². The van der Waals surface area contributed by atoms with Gasteiger partial charge in [0.1, 0.15) is 0 Å². The summed E-state index contributed by atoms with van der Waals surface area (Å²) in [5, 5.41) is 0. The lowest BCUT2D eigenvalue weighted by atomic mass is 9.75. The molecule has 3 nitrogen and oxygen atoms in total. The molecule has 2 saturated heterocycles. The molecular weight excluding hydrogens is 246 g/mol. The summed E-state index contributed by atoms with van der Waals surface area (Å²) in [7, 11) is 0. The summed E-state index contributed by atoms with van der Waals surface area (Å²) in [5.41, 5.74) is 6.60. The first-order valence-electron chi connectivity index (χ1n) is 8.87. The van der Waals surface area contributed by atoms with Gasteiger partial charge in [-0.3, -0.25) is 9.80 Å². The number of fused-ring (bicyclic) bond motifs is 1. The normalized spacial score (nSPS) is 40.2. The lowest BCUT2D eigenvalue weighted by Crippen LogP contribution is -2.63.